The molecule has 1 rings (SSSR count). The summed E-state index contributed by atoms with van der Waals surface area (Å²) in [5.74, 6) is -1.44. The first-order valence-corrected chi connectivity index (χ1v) is 5.47. The third kappa shape index (κ3) is 3.06. The van der Waals surface area contributed by atoms with Crippen molar-refractivity contribution in [2.75, 3.05) is 0 Å². The van der Waals surface area contributed by atoms with Crippen LogP contribution in [0.25, 0.3) is 0 Å². The lowest BCUT2D eigenvalue weighted by Gasteiger charge is -2.16. The highest BCUT2D eigenvalue weighted by molar-refractivity contribution is 9.10. The van der Waals surface area contributed by atoms with E-state index in [9.17, 15) is 9.59 Å². The van der Waals surface area contributed by atoms with Crippen LogP contribution in [0.1, 0.15) is 24.1 Å². The summed E-state index contributed by atoms with van der Waals surface area (Å²) in [5, 5.41) is 11.5. The van der Waals surface area contributed by atoms with E-state index in [1.165, 1.54) is 6.92 Å². The lowest BCUT2D eigenvalue weighted by atomic mass is 10.0. The number of carbonyl (C=O) groups excluding carboxylic acids is 1. The van der Waals surface area contributed by atoms with Crippen LogP contribution in [-0.2, 0) is 9.59 Å². The largest absolute Gasteiger partial charge is 0.479 e. The topological polar surface area (TPSA) is 66.4 Å². The van der Waals surface area contributed by atoms with Gasteiger partial charge < -0.3 is 10.4 Å². The van der Waals surface area contributed by atoms with Gasteiger partial charge in [-0.3, -0.25) is 4.79 Å². The second kappa shape index (κ2) is 5.12. The minimum atomic E-state index is -1.07. The molecule has 1 aromatic carbocycles. The quantitative estimate of drug-likeness (QED) is 0.893. The number of hydrogen-bond acceptors (Lipinski definition) is 2. The van der Waals surface area contributed by atoms with Crippen LogP contribution in [0.5, 0.6) is 0 Å². The van der Waals surface area contributed by atoms with Gasteiger partial charge in [-0.1, -0.05) is 22.0 Å². The van der Waals surface area contributed by atoms with Crippen molar-refractivity contribution < 1.29 is 14.7 Å². The van der Waals surface area contributed by atoms with Gasteiger partial charge in [0.25, 0.3) is 0 Å². The number of aryl methyl sites for hydroxylation is 1. The monoisotopic (exact) mass is 285 g/mol. The minimum Gasteiger partial charge on any atom is -0.479 e. The van der Waals surface area contributed by atoms with E-state index < -0.39 is 12.0 Å². The number of benzene rings is 1. The van der Waals surface area contributed by atoms with Crippen LogP contribution < -0.4 is 5.32 Å². The summed E-state index contributed by atoms with van der Waals surface area (Å²) in [6.45, 7) is 3.10. The first-order valence-electron chi connectivity index (χ1n) is 4.67. The Bertz CT molecular complexity index is 431. The molecule has 0 aromatic heterocycles. The van der Waals surface area contributed by atoms with Gasteiger partial charge in [0.15, 0.2) is 6.04 Å². The molecule has 0 aliphatic heterocycles. The fourth-order valence-corrected chi connectivity index (χ4v) is 1.78. The van der Waals surface area contributed by atoms with E-state index in [4.69, 9.17) is 5.11 Å². The predicted molar refractivity (Wildman–Crippen MR) is 63.1 cm³/mol. The molecular weight excluding hydrogens is 274 g/mol. The van der Waals surface area contributed by atoms with E-state index in [-0.39, 0.29) is 5.91 Å². The second-order valence-electron chi connectivity index (χ2n) is 3.47. The number of carbonyl (C=O) groups is 2. The lowest BCUT2D eigenvalue weighted by Crippen LogP contribution is -2.32. The highest BCUT2D eigenvalue weighted by Gasteiger charge is 2.22. The fourth-order valence-electron chi connectivity index (χ4n) is 1.40. The number of rotatable bonds is 3. The smallest absolute Gasteiger partial charge is 0.330 e. The van der Waals surface area contributed by atoms with E-state index in [0.29, 0.717) is 5.56 Å². The van der Waals surface area contributed by atoms with Crippen LogP contribution in [0.15, 0.2) is 22.7 Å². The van der Waals surface area contributed by atoms with Crippen molar-refractivity contribution in [3.05, 3.63) is 33.8 Å². The molecule has 0 saturated heterocycles. The molecule has 0 radical (unpaired) electrons. The predicted octanol–water partition coefficient (Wildman–Crippen LogP) is 2.02. The van der Waals surface area contributed by atoms with E-state index in [0.717, 1.165) is 10.0 Å². The number of aliphatic carboxylic acids is 1. The molecule has 0 aliphatic rings. The van der Waals surface area contributed by atoms with Crippen LogP contribution in [0.3, 0.4) is 0 Å². The van der Waals surface area contributed by atoms with Gasteiger partial charge in [0.2, 0.25) is 5.91 Å². The first kappa shape index (κ1) is 12.7. The summed E-state index contributed by atoms with van der Waals surface area (Å²) in [5.41, 5.74) is 1.40. The Labute approximate surface area is 102 Å². The Morgan fingerprint density at radius 1 is 1.44 bits per heavy atom. The SMILES string of the molecule is CC(=O)NC(C(=O)O)c1cc(Br)ccc1C. The molecule has 0 bridgehead atoms. The molecule has 1 unspecified atom stereocenters. The van der Waals surface area contributed by atoms with Gasteiger partial charge in [0.1, 0.15) is 0 Å². The number of halogens is 1. The number of nitrogens with one attached hydrogen (secondary N) is 1. The average molecular weight is 286 g/mol. The summed E-state index contributed by atoms with van der Waals surface area (Å²) in [6, 6.07) is 4.32. The fraction of sp³-hybridized carbons (Fsp3) is 0.273. The molecule has 0 fully saturated rings. The van der Waals surface area contributed by atoms with Crippen LogP contribution >= 0.6 is 15.9 Å². The van der Waals surface area contributed by atoms with E-state index in [2.05, 4.69) is 21.2 Å². The Hall–Kier alpha value is -1.36. The van der Waals surface area contributed by atoms with E-state index >= 15 is 0 Å². The van der Waals surface area contributed by atoms with Gasteiger partial charge in [-0.2, -0.15) is 0 Å². The van der Waals surface area contributed by atoms with Gasteiger partial charge in [-0.05, 0) is 30.2 Å². The lowest BCUT2D eigenvalue weighted by molar-refractivity contribution is -0.141. The van der Waals surface area contributed by atoms with Crippen molar-refractivity contribution in [3.63, 3.8) is 0 Å². The molecule has 1 aromatic rings. The van der Waals surface area contributed by atoms with Gasteiger partial charge >= 0.3 is 5.97 Å². The molecule has 5 heteroatoms. The molecule has 0 saturated carbocycles. The summed E-state index contributed by atoms with van der Waals surface area (Å²) in [4.78, 5) is 22.0. The van der Waals surface area contributed by atoms with E-state index in [1.54, 1.807) is 19.1 Å². The number of amides is 1. The van der Waals surface area contributed by atoms with Gasteiger partial charge in [0, 0.05) is 11.4 Å². The Kier molecular flexibility index (Phi) is 4.06. The summed E-state index contributed by atoms with van der Waals surface area (Å²) in [6.07, 6.45) is 0. The molecule has 4 nitrogen and oxygen atoms in total. The average Bonchev–Trinajstić information content (AvgIpc) is 2.18. The Balaban J connectivity index is 3.14. The van der Waals surface area contributed by atoms with Gasteiger partial charge in [-0.25, -0.2) is 4.79 Å². The molecule has 1 atom stereocenters. The molecule has 1 amide bonds. The molecule has 2 N–H and O–H groups in total. The first-order chi connectivity index (χ1) is 7.41. The maximum absolute atomic E-state index is 11.1. The van der Waals surface area contributed by atoms with Crippen molar-refractivity contribution in [1.29, 1.82) is 0 Å². The third-order valence-electron chi connectivity index (χ3n) is 2.15. The summed E-state index contributed by atoms with van der Waals surface area (Å²) in [7, 11) is 0. The summed E-state index contributed by atoms with van der Waals surface area (Å²) < 4.78 is 0.782. The minimum absolute atomic E-state index is 0.369. The molecular formula is C11H12BrNO3. The maximum Gasteiger partial charge on any atom is 0.330 e. The Morgan fingerprint density at radius 3 is 2.56 bits per heavy atom. The van der Waals surface area contributed by atoms with Crippen LogP contribution in [0, 0.1) is 6.92 Å². The van der Waals surface area contributed by atoms with Crippen molar-refractivity contribution in [2.45, 2.75) is 19.9 Å². The molecule has 0 heterocycles. The van der Waals surface area contributed by atoms with E-state index in [1.807, 2.05) is 6.07 Å². The van der Waals surface area contributed by atoms with Crippen LogP contribution in [0.2, 0.25) is 0 Å². The standard InChI is InChI=1S/C11H12BrNO3/c1-6-3-4-8(12)5-9(6)10(11(15)16)13-7(2)14/h3-5,10H,1-2H3,(H,13,14)(H,15,16). The normalized spacial score (nSPS) is 11.9. The van der Waals surface area contributed by atoms with Crippen molar-refractivity contribution in [1.82, 2.24) is 5.32 Å². The molecule has 86 valence electrons. The second-order valence-corrected chi connectivity index (χ2v) is 4.39. The van der Waals surface area contributed by atoms with Crippen LogP contribution in [0.4, 0.5) is 0 Å². The zero-order valence-electron chi connectivity index (χ0n) is 8.95. The molecule has 16 heavy (non-hydrogen) atoms. The van der Waals surface area contributed by atoms with Crippen molar-refractivity contribution >= 4 is 27.8 Å². The van der Waals surface area contributed by atoms with Crippen LogP contribution in [-0.4, -0.2) is 17.0 Å². The third-order valence-corrected chi connectivity index (χ3v) is 2.64. The highest BCUT2D eigenvalue weighted by atomic mass is 79.9. The summed E-state index contributed by atoms with van der Waals surface area (Å²) >= 11 is 3.27. The Morgan fingerprint density at radius 2 is 2.06 bits per heavy atom. The zero-order valence-corrected chi connectivity index (χ0v) is 10.5. The van der Waals surface area contributed by atoms with Crippen molar-refractivity contribution in [3.8, 4) is 0 Å². The number of hydrogen-bond donors (Lipinski definition) is 2. The zero-order chi connectivity index (χ0) is 12.3. The highest BCUT2D eigenvalue weighted by Crippen LogP contribution is 2.22. The molecule has 0 aliphatic carbocycles. The van der Waals surface area contributed by atoms with Crippen molar-refractivity contribution in [2.24, 2.45) is 0 Å². The van der Waals surface area contributed by atoms with Gasteiger partial charge in [0.05, 0.1) is 0 Å². The van der Waals surface area contributed by atoms with Gasteiger partial charge in [-0.15, -0.1) is 0 Å². The maximum atomic E-state index is 11.1. The number of carboxylic acids is 1. The number of carboxylic acid groups (broad SMARTS) is 1. The molecule has 0 spiro atoms.